The molecule has 0 aliphatic rings. The van der Waals surface area contributed by atoms with Gasteiger partial charge in [-0.3, -0.25) is 4.79 Å². The lowest BCUT2D eigenvalue weighted by atomic mass is 9.99. The van der Waals surface area contributed by atoms with Crippen LogP contribution in [0.3, 0.4) is 0 Å². The van der Waals surface area contributed by atoms with Gasteiger partial charge in [-0.25, -0.2) is 0 Å². The average molecular weight is 172 g/mol. The fraction of sp³-hybridized carbons (Fsp3) is 0.900. The van der Waals surface area contributed by atoms with Crippen molar-refractivity contribution < 1.29 is 9.53 Å². The molecule has 72 valence electrons. The van der Waals surface area contributed by atoms with Crippen LogP contribution in [0.25, 0.3) is 0 Å². The third-order valence-electron chi connectivity index (χ3n) is 1.97. The second-order valence-corrected chi connectivity index (χ2v) is 3.10. The summed E-state index contributed by atoms with van der Waals surface area (Å²) >= 11 is 0. The molecule has 2 heteroatoms. The van der Waals surface area contributed by atoms with Gasteiger partial charge in [0.05, 0.1) is 6.61 Å². The van der Waals surface area contributed by atoms with Crippen molar-refractivity contribution in [2.24, 2.45) is 5.92 Å². The highest BCUT2D eigenvalue weighted by atomic mass is 16.5. The summed E-state index contributed by atoms with van der Waals surface area (Å²) in [6, 6.07) is 0. The number of rotatable bonds is 7. The number of Topliss-reactive ketones (excluding diaryl/α,β-unsaturated/α-hetero) is 1. The minimum atomic E-state index is 0.218. The van der Waals surface area contributed by atoms with Crippen molar-refractivity contribution in [2.45, 2.75) is 40.0 Å². The predicted octanol–water partition coefficient (Wildman–Crippen LogP) is 2.42. The summed E-state index contributed by atoms with van der Waals surface area (Å²) < 4.78 is 5.11. The van der Waals surface area contributed by atoms with Gasteiger partial charge in [-0.1, -0.05) is 20.3 Å². The van der Waals surface area contributed by atoms with Gasteiger partial charge in [0.25, 0.3) is 0 Å². The molecule has 2 nitrogen and oxygen atoms in total. The molecule has 0 heterocycles. The van der Waals surface area contributed by atoms with Gasteiger partial charge in [0.15, 0.2) is 0 Å². The Balaban J connectivity index is 3.43. The van der Waals surface area contributed by atoms with Crippen molar-refractivity contribution in [2.75, 3.05) is 13.2 Å². The van der Waals surface area contributed by atoms with E-state index in [2.05, 4.69) is 6.92 Å². The van der Waals surface area contributed by atoms with Gasteiger partial charge in [-0.05, 0) is 13.3 Å². The van der Waals surface area contributed by atoms with E-state index >= 15 is 0 Å². The van der Waals surface area contributed by atoms with E-state index in [9.17, 15) is 4.79 Å². The Morgan fingerprint density at radius 1 is 1.42 bits per heavy atom. The Kier molecular flexibility index (Phi) is 7.06. The standard InChI is InChI=1S/C10H20O2/c1-4-6-9(3)10(11)7-8-12-5-2/h9H,4-8H2,1-3H3. The molecule has 0 fully saturated rings. The maximum atomic E-state index is 11.3. The van der Waals surface area contributed by atoms with Crippen LogP contribution in [-0.4, -0.2) is 19.0 Å². The Hall–Kier alpha value is -0.370. The summed E-state index contributed by atoms with van der Waals surface area (Å²) in [6.07, 6.45) is 2.67. The third-order valence-corrected chi connectivity index (χ3v) is 1.97. The molecule has 0 saturated heterocycles. The fourth-order valence-electron chi connectivity index (χ4n) is 1.16. The summed E-state index contributed by atoms with van der Waals surface area (Å²) in [5.41, 5.74) is 0. The van der Waals surface area contributed by atoms with Crippen LogP contribution in [0.2, 0.25) is 0 Å². The van der Waals surface area contributed by atoms with Crippen LogP contribution in [0, 0.1) is 5.92 Å². The molecule has 1 atom stereocenters. The number of carbonyl (C=O) groups is 1. The van der Waals surface area contributed by atoms with Crippen LogP contribution in [0.15, 0.2) is 0 Å². The van der Waals surface area contributed by atoms with Crippen LogP contribution < -0.4 is 0 Å². The second-order valence-electron chi connectivity index (χ2n) is 3.10. The predicted molar refractivity (Wildman–Crippen MR) is 50.2 cm³/mol. The van der Waals surface area contributed by atoms with E-state index in [1.54, 1.807) is 0 Å². The monoisotopic (exact) mass is 172 g/mol. The lowest BCUT2D eigenvalue weighted by Gasteiger charge is -2.08. The van der Waals surface area contributed by atoms with Crippen molar-refractivity contribution in [3.05, 3.63) is 0 Å². The topological polar surface area (TPSA) is 26.3 Å². The van der Waals surface area contributed by atoms with Crippen molar-refractivity contribution in [1.29, 1.82) is 0 Å². The molecular weight excluding hydrogens is 152 g/mol. The molecule has 0 saturated carbocycles. The smallest absolute Gasteiger partial charge is 0.137 e. The number of ketones is 1. The first kappa shape index (κ1) is 11.6. The highest BCUT2D eigenvalue weighted by Gasteiger charge is 2.10. The van der Waals surface area contributed by atoms with E-state index in [1.165, 1.54) is 0 Å². The SMILES string of the molecule is CCCC(C)C(=O)CCOCC. The second kappa shape index (κ2) is 7.29. The molecule has 0 amide bonds. The number of ether oxygens (including phenoxy) is 1. The summed E-state index contributed by atoms with van der Waals surface area (Å²) in [7, 11) is 0. The van der Waals surface area contributed by atoms with Crippen LogP contribution in [0.5, 0.6) is 0 Å². The lowest BCUT2D eigenvalue weighted by Crippen LogP contribution is -2.13. The zero-order chi connectivity index (χ0) is 9.40. The summed E-state index contributed by atoms with van der Waals surface area (Å²) in [5, 5.41) is 0. The number of carbonyl (C=O) groups excluding carboxylic acids is 1. The lowest BCUT2D eigenvalue weighted by molar-refractivity contribution is -0.123. The van der Waals surface area contributed by atoms with Crippen LogP contribution in [0.1, 0.15) is 40.0 Å². The van der Waals surface area contributed by atoms with Gasteiger partial charge in [-0.15, -0.1) is 0 Å². The molecule has 0 N–H and O–H groups in total. The summed E-state index contributed by atoms with van der Waals surface area (Å²) in [6.45, 7) is 7.34. The Labute approximate surface area is 75.3 Å². The first-order chi connectivity index (χ1) is 5.72. The Morgan fingerprint density at radius 3 is 2.58 bits per heavy atom. The zero-order valence-corrected chi connectivity index (χ0v) is 8.43. The quantitative estimate of drug-likeness (QED) is 0.551. The van der Waals surface area contributed by atoms with Crippen molar-refractivity contribution in [1.82, 2.24) is 0 Å². The van der Waals surface area contributed by atoms with Gasteiger partial charge < -0.3 is 4.74 Å². The molecule has 0 aromatic rings. The van der Waals surface area contributed by atoms with Gasteiger partial charge in [0, 0.05) is 18.9 Å². The minimum Gasteiger partial charge on any atom is -0.381 e. The highest BCUT2D eigenvalue weighted by Crippen LogP contribution is 2.08. The first-order valence-electron chi connectivity index (χ1n) is 4.82. The fourth-order valence-corrected chi connectivity index (χ4v) is 1.16. The normalized spacial score (nSPS) is 12.9. The first-order valence-corrected chi connectivity index (χ1v) is 4.82. The molecule has 0 aromatic heterocycles. The molecule has 0 radical (unpaired) electrons. The highest BCUT2D eigenvalue weighted by molar-refractivity contribution is 5.80. The third kappa shape index (κ3) is 5.30. The number of hydrogen-bond donors (Lipinski definition) is 0. The van der Waals surface area contributed by atoms with Gasteiger partial charge in [-0.2, -0.15) is 0 Å². The molecule has 0 bridgehead atoms. The largest absolute Gasteiger partial charge is 0.381 e. The van der Waals surface area contributed by atoms with Gasteiger partial charge >= 0.3 is 0 Å². The van der Waals surface area contributed by atoms with E-state index in [-0.39, 0.29) is 5.92 Å². The molecular formula is C10H20O2. The Bertz CT molecular complexity index is 121. The van der Waals surface area contributed by atoms with Crippen molar-refractivity contribution in [3.63, 3.8) is 0 Å². The zero-order valence-electron chi connectivity index (χ0n) is 8.43. The average Bonchev–Trinajstić information content (AvgIpc) is 2.05. The maximum Gasteiger partial charge on any atom is 0.137 e. The van der Waals surface area contributed by atoms with E-state index in [1.807, 2.05) is 13.8 Å². The van der Waals surface area contributed by atoms with Crippen LogP contribution >= 0.6 is 0 Å². The number of hydrogen-bond acceptors (Lipinski definition) is 2. The molecule has 1 unspecified atom stereocenters. The maximum absolute atomic E-state index is 11.3. The summed E-state index contributed by atoms with van der Waals surface area (Å²) in [4.78, 5) is 11.3. The molecule has 0 aliphatic carbocycles. The molecule has 0 rings (SSSR count). The van der Waals surface area contributed by atoms with Crippen molar-refractivity contribution >= 4 is 5.78 Å². The van der Waals surface area contributed by atoms with Gasteiger partial charge in [0.2, 0.25) is 0 Å². The van der Waals surface area contributed by atoms with Gasteiger partial charge in [0.1, 0.15) is 5.78 Å². The van der Waals surface area contributed by atoms with E-state index in [0.717, 1.165) is 12.8 Å². The van der Waals surface area contributed by atoms with Crippen LogP contribution in [-0.2, 0) is 9.53 Å². The van der Waals surface area contributed by atoms with E-state index in [4.69, 9.17) is 4.74 Å². The molecule has 0 spiro atoms. The molecule has 0 aliphatic heterocycles. The van der Waals surface area contributed by atoms with Crippen molar-refractivity contribution in [3.8, 4) is 0 Å². The van der Waals surface area contributed by atoms with E-state index < -0.39 is 0 Å². The van der Waals surface area contributed by atoms with Crippen LogP contribution in [0.4, 0.5) is 0 Å². The minimum absolute atomic E-state index is 0.218. The molecule has 12 heavy (non-hydrogen) atoms. The van der Waals surface area contributed by atoms with E-state index in [0.29, 0.717) is 25.4 Å². The molecule has 0 aromatic carbocycles. The Morgan fingerprint density at radius 2 is 2.08 bits per heavy atom. The summed E-state index contributed by atoms with van der Waals surface area (Å²) in [5.74, 6) is 0.556.